The summed E-state index contributed by atoms with van der Waals surface area (Å²) in [5, 5.41) is 2.02. The van der Waals surface area contributed by atoms with Crippen LogP contribution in [0.4, 0.5) is 5.69 Å². The van der Waals surface area contributed by atoms with Gasteiger partial charge in [0.1, 0.15) is 0 Å². The zero-order chi connectivity index (χ0) is 13.9. The summed E-state index contributed by atoms with van der Waals surface area (Å²) in [6.45, 7) is 0.551. The minimum Gasteiger partial charge on any atom is -0.398 e. The molecule has 0 aliphatic rings. The number of rotatable bonds is 3. The van der Waals surface area contributed by atoms with Crippen molar-refractivity contribution >= 4 is 17.0 Å². The molecular formula is C17H16N2S. The van der Waals surface area contributed by atoms with Crippen molar-refractivity contribution in [3.63, 3.8) is 0 Å². The van der Waals surface area contributed by atoms with Gasteiger partial charge in [0.25, 0.3) is 0 Å². The lowest BCUT2D eigenvalue weighted by Crippen LogP contribution is -1.98. The van der Waals surface area contributed by atoms with Crippen LogP contribution >= 0.6 is 11.3 Å². The van der Waals surface area contributed by atoms with Crippen LogP contribution in [0.5, 0.6) is 0 Å². The average Bonchev–Trinajstić information content (AvgIpc) is 2.93. The van der Waals surface area contributed by atoms with Crippen LogP contribution in [-0.4, -0.2) is 0 Å². The molecule has 3 heteroatoms. The van der Waals surface area contributed by atoms with E-state index in [2.05, 4.69) is 36.4 Å². The third-order valence-corrected chi connectivity index (χ3v) is 4.37. The highest BCUT2D eigenvalue weighted by Gasteiger charge is 2.06. The molecule has 1 aromatic heterocycles. The maximum atomic E-state index is 5.96. The molecule has 3 aromatic rings. The summed E-state index contributed by atoms with van der Waals surface area (Å²) >= 11 is 1.67. The predicted octanol–water partition coefficient (Wildman–Crippen LogP) is 4.12. The third-order valence-electron chi connectivity index (χ3n) is 3.39. The first-order valence-corrected chi connectivity index (χ1v) is 7.39. The second kappa shape index (κ2) is 5.49. The van der Waals surface area contributed by atoms with Crippen molar-refractivity contribution in [2.45, 2.75) is 6.54 Å². The first-order valence-electron chi connectivity index (χ1n) is 6.51. The highest BCUT2D eigenvalue weighted by Crippen LogP contribution is 2.33. The van der Waals surface area contributed by atoms with Crippen molar-refractivity contribution in [1.82, 2.24) is 0 Å². The molecule has 0 spiro atoms. The van der Waals surface area contributed by atoms with E-state index in [9.17, 15) is 0 Å². The molecule has 0 unspecified atom stereocenters. The van der Waals surface area contributed by atoms with Crippen molar-refractivity contribution in [3.05, 3.63) is 65.5 Å². The van der Waals surface area contributed by atoms with Crippen LogP contribution in [0.15, 0.2) is 60.0 Å². The summed E-state index contributed by atoms with van der Waals surface area (Å²) in [4.78, 5) is 1.13. The van der Waals surface area contributed by atoms with Gasteiger partial charge < -0.3 is 11.5 Å². The average molecular weight is 280 g/mol. The number of hydrogen-bond acceptors (Lipinski definition) is 3. The Morgan fingerprint density at radius 1 is 0.850 bits per heavy atom. The summed E-state index contributed by atoms with van der Waals surface area (Å²) in [5.41, 5.74) is 17.3. The summed E-state index contributed by atoms with van der Waals surface area (Å²) in [6.07, 6.45) is 0. The molecule has 0 aliphatic heterocycles. The first-order chi connectivity index (χ1) is 9.79. The fourth-order valence-corrected chi connectivity index (χ4v) is 3.16. The Bertz CT molecular complexity index is 714. The van der Waals surface area contributed by atoms with E-state index in [1.807, 2.05) is 23.6 Å². The van der Waals surface area contributed by atoms with Gasteiger partial charge in [-0.05, 0) is 33.7 Å². The molecule has 0 amide bonds. The van der Waals surface area contributed by atoms with Gasteiger partial charge >= 0.3 is 0 Å². The number of anilines is 1. The maximum Gasteiger partial charge on any atom is 0.0572 e. The Balaban J connectivity index is 2.00. The van der Waals surface area contributed by atoms with Crippen LogP contribution in [0.2, 0.25) is 0 Å². The van der Waals surface area contributed by atoms with Crippen LogP contribution in [0.3, 0.4) is 0 Å². The predicted molar refractivity (Wildman–Crippen MR) is 87.5 cm³/mol. The van der Waals surface area contributed by atoms with Gasteiger partial charge in [0.05, 0.1) is 10.6 Å². The van der Waals surface area contributed by atoms with Gasteiger partial charge in [-0.15, -0.1) is 11.3 Å². The van der Waals surface area contributed by atoms with E-state index >= 15 is 0 Å². The lowest BCUT2D eigenvalue weighted by atomic mass is 9.98. The Labute approximate surface area is 122 Å². The van der Waals surface area contributed by atoms with Gasteiger partial charge in [0.2, 0.25) is 0 Å². The third kappa shape index (κ3) is 2.33. The molecule has 0 radical (unpaired) electrons. The van der Waals surface area contributed by atoms with Crippen LogP contribution in [0, 0.1) is 0 Å². The van der Waals surface area contributed by atoms with Crippen LogP contribution in [0.25, 0.3) is 21.6 Å². The second-order valence-electron chi connectivity index (χ2n) is 4.64. The Morgan fingerprint density at radius 2 is 1.55 bits per heavy atom. The van der Waals surface area contributed by atoms with E-state index in [0.29, 0.717) is 6.54 Å². The van der Waals surface area contributed by atoms with E-state index in [1.165, 1.54) is 11.1 Å². The molecule has 1 heterocycles. The Hall–Kier alpha value is -2.10. The second-order valence-corrected chi connectivity index (χ2v) is 5.56. The SMILES string of the molecule is NCc1ccccc1-c1ccc(-c2sccc2N)cc1. The van der Waals surface area contributed by atoms with Gasteiger partial charge in [-0.2, -0.15) is 0 Å². The smallest absolute Gasteiger partial charge is 0.0572 e. The molecule has 3 rings (SSSR count). The summed E-state index contributed by atoms with van der Waals surface area (Å²) in [5.74, 6) is 0. The lowest BCUT2D eigenvalue weighted by Gasteiger charge is -2.08. The van der Waals surface area contributed by atoms with Crippen molar-refractivity contribution in [2.24, 2.45) is 5.73 Å². The monoisotopic (exact) mass is 280 g/mol. The van der Waals surface area contributed by atoms with Crippen LogP contribution in [-0.2, 0) is 6.54 Å². The maximum absolute atomic E-state index is 5.96. The van der Waals surface area contributed by atoms with Crippen molar-refractivity contribution in [1.29, 1.82) is 0 Å². The van der Waals surface area contributed by atoms with Gasteiger partial charge in [-0.3, -0.25) is 0 Å². The molecule has 2 nitrogen and oxygen atoms in total. The number of nitrogens with two attached hydrogens (primary N) is 2. The number of hydrogen-bond donors (Lipinski definition) is 2. The molecule has 0 saturated carbocycles. The van der Waals surface area contributed by atoms with E-state index in [4.69, 9.17) is 11.5 Å². The van der Waals surface area contributed by atoms with Crippen LogP contribution < -0.4 is 11.5 Å². The zero-order valence-corrected chi connectivity index (χ0v) is 11.9. The summed E-state index contributed by atoms with van der Waals surface area (Å²) in [6, 6.07) is 18.7. The molecule has 0 bridgehead atoms. The number of thiophene rings is 1. The highest BCUT2D eigenvalue weighted by molar-refractivity contribution is 7.14. The standard InChI is InChI=1S/C17H16N2S/c18-11-14-3-1-2-4-15(14)12-5-7-13(8-6-12)17-16(19)9-10-20-17/h1-10H,11,18-19H2. The van der Waals surface area contributed by atoms with Gasteiger partial charge in [-0.25, -0.2) is 0 Å². The van der Waals surface area contributed by atoms with E-state index < -0.39 is 0 Å². The molecule has 20 heavy (non-hydrogen) atoms. The van der Waals surface area contributed by atoms with E-state index in [0.717, 1.165) is 21.7 Å². The fraction of sp³-hybridized carbons (Fsp3) is 0.0588. The van der Waals surface area contributed by atoms with E-state index in [-0.39, 0.29) is 0 Å². The van der Waals surface area contributed by atoms with Crippen LogP contribution in [0.1, 0.15) is 5.56 Å². The molecule has 0 atom stereocenters. The minimum atomic E-state index is 0.551. The molecule has 100 valence electrons. The fourth-order valence-electron chi connectivity index (χ4n) is 2.33. The highest BCUT2D eigenvalue weighted by atomic mass is 32.1. The van der Waals surface area contributed by atoms with Crippen molar-refractivity contribution < 1.29 is 0 Å². The number of benzene rings is 2. The molecule has 4 N–H and O–H groups in total. The van der Waals surface area contributed by atoms with Gasteiger partial charge in [-0.1, -0.05) is 48.5 Å². The topological polar surface area (TPSA) is 52.0 Å². The minimum absolute atomic E-state index is 0.551. The van der Waals surface area contributed by atoms with E-state index in [1.54, 1.807) is 11.3 Å². The molecule has 0 saturated heterocycles. The molecular weight excluding hydrogens is 264 g/mol. The van der Waals surface area contributed by atoms with Crippen molar-refractivity contribution in [2.75, 3.05) is 5.73 Å². The molecule has 0 aliphatic carbocycles. The summed E-state index contributed by atoms with van der Waals surface area (Å²) < 4.78 is 0. The quantitative estimate of drug-likeness (QED) is 0.758. The normalized spacial score (nSPS) is 10.7. The Morgan fingerprint density at radius 3 is 2.20 bits per heavy atom. The van der Waals surface area contributed by atoms with Gasteiger partial charge in [0, 0.05) is 6.54 Å². The lowest BCUT2D eigenvalue weighted by molar-refractivity contribution is 1.07. The number of nitrogen functional groups attached to an aromatic ring is 1. The Kier molecular flexibility index (Phi) is 3.54. The zero-order valence-electron chi connectivity index (χ0n) is 11.0. The molecule has 2 aromatic carbocycles. The summed E-state index contributed by atoms with van der Waals surface area (Å²) in [7, 11) is 0. The first kappa shape index (κ1) is 12.9. The largest absolute Gasteiger partial charge is 0.398 e. The van der Waals surface area contributed by atoms with Crippen molar-refractivity contribution in [3.8, 4) is 21.6 Å². The van der Waals surface area contributed by atoms with Gasteiger partial charge in [0.15, 0.2) is 0 Å². The molecule has 0 fully saturated rings.